The van der Waals surface area contributed by atoms with Gasteiger partial charge in [0.05, 0.1) is 17.1 Å². The summed E-state index contributed by atoms with van der Waals surface area (Å²) < 4.78 is 33.4. The van der Waals surface area contributed by atoms with Gasteiger partial charge in [-0.2, -0.15) is 4.31 Å². The Morgan fingerprint density at radius 2 is 1.81 bits per heavy atom. The van der Waals surface area contributed by atoms with Gasteiger partial charge in [0.1, 0.15) is 4.21 Å². The highest BCUT2D eigenvalue weighted by Gasteiger charge is 2.30. The summed E-state index contributed by atoms with van der Waals surface area (Å²) in [6.45, 7) is 2.68. The molecule has 1 aliphatic heterocycles. The van der Waals surface area contributed by atoms with Crippen molar-refractivity contribution in [2.24, 2.45) is 0 Å². The first-order chi connectivity index (χ1) is 13.0. The minimum atomic E-state index is -3.47. The van der Waals surface area contributed by atoms with Crippen molar-refractivity contribution in [1.29, 1.82) is 0 Å². The first-order valence-electron chi connectivity index (χ1n) is 8.50. The molecule has 0 atom stereocenters. The van der Waals surface area contributed by atoms with Crippen LogP contribution in [0.15, 0.2) is 57.3 Å². The first-order valence-corrected chi connectivity index (χ1v) is 11.1. The van der Waals surface area contributed by atoms with Gasteiger partial charge in [0.15, 0.2) is 5.76 Å². The maximum absolute atomic E-state index is 12.7. The van der Waals surface area contributed by atoms with Gasteiger partial charge in [0.25, 0.3) is 10.0 Å². The van der Waals surface area contributed by atoms with E-state index < -0.39 is 10.0 Å². The maximum atomic E-state index is 12.7. The lowest BCUT2D eigenvalue weighted by Gasteiger charge is -2.32. The molecule has 0 N–H and O–H groups in total. The molecule has 1 fully saturated rings. The van der Waals surface area contributed by atoms with Gasteiger partial charge in [-0.05, 0) is 12.1 Å². The molecule has 0 aliphatic carbocycles. The average molecular weight is 424 g/mol. The SMILES string of the molecule is O=S(=O)(c1ccc(Cl)s1)N1CCN(Cc2ncc(-c3ccccc3)o2)CC1. The van der Waals surface area contributed by atoms with Crippen molar-refractivity contribution >= 4 is 33.0 Å². The highest BCUT2D eigenvalue weighted by Crippen LogP contribution is 2.29. The second-order valence-electron chi connectivity index (χ2n) is 6.22. The van der Waals surface area contributed by atoms with E-state index >= 15 is 0 Å². The molecule has 1 saturated heterocycles. The van der Waals surface area contributed by atoms with E-state index in [1.807, 2.05) is 30.3 Å². The van der Waals surface area contributed by atoms with E-state index in [4.69, 9.17) is 16.0 Å². The molecule has 0 saturated carbocycles. The number of nitrogens with zero attached hydrogens (tertiary/aromatic N) is 3. The van der Waals surface area contributed by atoms with E-state index in [1.165, 1.54) is 4.31 Å². The van der Waals surface area contributed by atoms with Crippen molar-refractivity contribution in [3.05, 3.63) is 58.9 Å². The van der Waals surface area contributed by atoms with Gasteiger partial charge >= 0.3 is 0 Å². The number of hydrogen-bond donors (Lipinski definition) is 0. The van der Waals surface area contributed by atoms with Crippen LogP contribution in [-0.2, 0) is 16.6 Å². The Morgan fingerprint density at radius 1 is 1.07 bits per heavy atom. The molecule has 0 unspecified atom stereocenters. The lowest BCUT2D eigenvalue weighted by Crippen LogP contribution is -2.48. The van der Waals surface area contributed by atoms with Crippen LogP contribution in [0, 0.1) is 0 Å². The summed E-state index contributed by atoms with van der Waals surface area (Å²) in [6.07, 6.45) is 1.73. The summed E-state index contributed by atoms with van der Waals surface area (Å²) in [7, 11) is -3.47. The van der Waals surface area contributed by atoms with Gasteiger partial charge in [0.2, 0.25) is 5.89 Å². The Morgan fingerprint density at radius 3 is 2.48 bits per heavy atom. The normalized spacial score (nSPS) is 16.6. The van der Waals surface area contributed by atoms with Gasteiger partial charge in [-0.15, -0.1) is 11.3 Å². The van der Waals surface area contributed by atoms with Crippen molar-refractivity contribution < 1.29 is 12.8 Å². The van der Waals surface area contributed by atoms with Gasteiger partial charge in [0, 0.05) is 31.7 Å². The number of halogens is 1. The fraction of sp³-hybridized carbons (Fsp3) is 0.278. The van der Waals surface area contributed by atoms with Crippen LogP contribution in [0.3, 0.4) is 0 Å². The second-order valence-corrected chi connectivity index (χ2v) is 10.1. The number of hydrogen-bond acceptors (Lipinski definition) is 6. The van der Waals surface area contributed by atoms with Crippen LogP contribution < -0.4 is 0 Å². The van der Waals surface area contributed by atoms with E-state index in [1.54, 1.807) is 18.3 Å². The summed E-state index contributed by atoms with van der Waals surface area (Å²) in [4.78, 5) is 6.50. The zero-order valence-electron chi connectivity index (χ0n) is 14.4. The molecule has 4 rings (SSSR count). The predicted molar refractivity (Wildman–Crippen MR) is 105 cm³/mol. The van der Waals surface area contributed by atoms with E-state index in [2.05, 4.69) is 9.88 Å². The molecule has 2 aromatic heterocycles. The molecule has 6 nitrogen and oxygen atoms in total. The molecular weight excluding hydrogens is 406 g/mol. The quantitative estimate of drug-likeness (QED) is 0.627. The number of benzene rings is 1. The zero-order valence-corrected chi connectivity index (χ0v) is 16.8. The van der Waals surface area contributed by atoms with E-state index in [9.17, 15) is 8.42 Å². The first kappa shape index (κ1) is 18.6. The number of thiophene rings is 1. The number of oxazole rings is 1. The molecule has 9 heteroatoms. The summed E-state index contributed by atoms with van der Waals surface area (Å²) in [5.41, 5.74) is 0.988. The largest absolute Gasteiger partial charge is 0.439 e. The molecule has 1 aliphatic rings. The van der Waals surface area contributed by atoms with Crippen LogP contribution in [-0.4, -0.2) is 48.8 Å². The fourth-order valence-corrected chi connectivity index (χ4v) is 6.06. The summed E-state index contributed by atoms with van der Waals surface area (Å²) in [6, 6.07) is 13.0. The minimum Gasteiger partial charge on any atom is -0.439 e. The monoisotopic (exact) mass is 423 g/mol. The molecule has 142 valence electrons. The van der Waals surface area contributed by atoms with Gasteiger partial charge < -0.3 is 4.42 Å². The Kier molecular flexibility index (Phi) is 5.34. The summed E-state index contributed by atoms with van der Waals surface area (Å²) >= 11 is 6.96. The Bertz CT molecular complexity index is 1010. The Labute approximate surface area is 167 Å². The van der Waals surface area contributed by atoms with Crippen LogP contribution in [0.5, 0.6) is 0 Å². The average Bonchev–Trinajstić information content (AvgIpc) is 3.32. The molecular formula is C18H18ClN3O3S2. The van der Waals surface area contributed by atoms with Crippen molar-refractivity contribution in [3.63, 3.8) is 0 Å². The van der Waals surface area contributed by atoms with Crippen LogP contribution in [0.1, 0.15) is 5.89 Å². The predicted octanol–water partition coefficient (Wildman–Crippen LogP) is 3.56. The van der Waals surface area contributed by atoms with E-state index in [-0.39, 0.29) is 0 Å². The number of piperazine rings is 1. The van der Waals surface area contributed by atoms with Crippen LogP contribution in [0.4, 0.5) is 0 Å². The molecule has 0 radical (unpaired) electrons. The number of aromatic nitrogens is 1. The third-order valence-electron chi connectivity index (χ3n) is 4.44. The molecule has 27 heavy (non-hydrogen) atoms. The van der Waals surface area contributed by atoms with Crippen LogP contribution in [0.25, 0.3) is 11.3 Å². The highest BCUT2D eigenvalue weighted by atomic mass is 35.5. The molecule has 3 aromatic rings. The number of sulfonamides is 1. The molecule has 0 spiro atoms. The second kappa shape index (κ2) is 7.73. The zero-order chi connectivity index (χ0) is 18.9. The van der Waals surface area contributed by atoms with Crippen molar-refractivity contribution in [2.45, 2.75) is 10.8 Å². The summed E-state index contributed by atoms with van der Waals surface area (Å²) in [5.74, 6) is 1.37. The molecule has 0 amide bonds. The van der Waals surface area contributed by atoms with Crippen LogP contribution in [0.2, 0.25) is 4.34 Å². The Balaban J connectivity index is 1.37. The highest BCUT2D eigenvalue weighted by molar-refractivity contribution is 7.91. The number of rotatable bonds is 5. The minimum absolute atomic E-state index is 0.293. The topological polar surface area (TPSA) is 66.7 Å². The van der Waals surface area contributed by atoms with Crippen molar-refractivity contribution in [2.75, 3.05) is 26.2 Å². The molecule has 3 heterocycles. The molecule has 0 bridgehead atoms. The fourth-order valence-electron chi connectivity index (χ4n) is 3.00. The van der Waals surface area contributed by atoms with Gasteiger partial charge in [-0.3, -0.25) is 4.90 Å². The standard InChI is InChI=1S/C18H18ClN3O3S2/c19-16-6-7-18(26-16)27(23,24)22-10-8-21(9-11-22)13-17-20-12-15(25-17)14-4-2-1-3-5-14/h1-7,12H,8-11,13H2. The van der Waals surface area contributed by atoms with Crippen LogP contribution >= 0.6 is 22.9 Å². The maximum Gasteiger partial charge on any atom is 0.252 e. The Hall–Kier alpha value is -1.71. The lowest BCUT2D eigenvalue weighted by atomic mass is 10.2. The van der Waals surface area contributed by atoms with Gasteiger partial charge in [-0.1, -0.05) is 41.9 Å². The smallest absolute Gasteiger partial charge is 0.252 e. The third-order valence-corrected chi connectivity index (χ3v) is 8.04. The van der Waals surface area contributed by atoms with Crippen molar-refractivity contribution in [1.82, 2.24) is 14.2 Å². The lowest BCUT2D eigenvalue weighted by molar-refractivity contribution is 0.169. The van der Waals surface area contributed by atoms with E-state index in [0.717, 1.165) is 22.7 Å². The third kappa shape index (κ3) is 4.09. The molecule has 1 aromatic carbocycles. The summed E-state index contributed by atoms with van der Waals surface area (Å²) in [5, 5.41) is 0. The van der Waals surface area contributed by atoms with Gasteiger partial charge in [-0.25, -0.2) is 13.4 Å². The van der Waals surface area contributed by atoms with E-state index in [0.29, 0.717) is 47.2 Å². The van der Waals surface area contributed by atoms with Crippen molar-refractivity contribution in [3.8, 4) is 11.3 Å².